The zero-order chi connectivity index (χ0) is 28.6. The van der Waals surface area contributed by atoms with Crippen molar-refractivity contribution in [1.29, 1.82) is 5.26 Å². The smallest absolute Gasteiger partial charge is 0.408 e. The molecule has 3 amide bonds. The van der Waals surface area contributed by atoms with E-state index in [9.17, 15) is 19.6 Å². The Bertz CT molecular complexity index is 1180. The van der Waals surface area contributed by atoms with Crippen LogP contribution in [0.1, 0.15) is 69.3 Å². The summed E-state index contributed by atoms with van der Waals surface area (Å²) in [4.78, 5) is 42.0. The van der Waals surface area contributed by atoms with Crippen molar-refractivity contribution in [2.45, 2.75) is 79.5 Å². The van der Waals surface area contributed by atoms with Gasteiger partial charge in [-0.3, -0.25) is 9.59 Å². The van der Waals surface area contributed by atoms with Crippen LogP contribution in [0.3, 0.4) is 0 Å². The van der Waals surface area contributed by atoms with Crippen molar-refractivity contribution in [3.63, 3.8) is 0 Å². The van der Waals surface area contributed by atoms with Crippen LogP contribution in [0.4, 0.5) is 10.5 Å². The maximum Gasteiger partial charge on any atom is 0.408 e. The summed E-state index contributed by atoms with van der Waals surface area (Å²) in [6.07, 6.45) is -0.156. The molecule has 8 heteroatoms. The van der Waals surface area contributed by atoms with E-state index in [0.29, 0.717) is 17.7 Å². The third-order valence-corrected chi connectivity index (χ3v) is 6.45. The summed E-state index contributed by atoms with van der Waals surface area (Å²) < 4.78 is 5.41. The summed E-state index contributed by atoms with van der Waals surface area (Å²) in [5.74, 6) is -1.26. The highest BCUT2D eigenvalue weighted by molar-refractivity contribution is 6.00. The van der Waals surface area contributed by atoms with Crippen LogP contribution in [-0.2, 0) is 14.3 Å². The minimum atomic E-state index is -1.10. The number of hydrogen-bond acceptors (Lipinski definition) is 5. The van der Waals surface area contributed by atoms with Gasteiger partial charge in [-0.25, -0.2) is 4.79 Å². The molecule has 0 aliphatic rings. The second-order valence-electron chi connectivity index (χ2n) is 10.6. The van der Waals surface area contributed by atoms with E-state index in [4.69, 9.17) is 4.74 Å². The van der Waals surface area contributed by atoms with E-state index in [0.717, 1.165) is 16.7 Å². The van der Waals surface area contributed by atoms with Gasteiger partial charge in [0.2, 0.25) is 5.91 Å². The van der Waals surface area contributed by atoms with Crippen LogP contribution in [0.5, 0.6) is 0 Å². The predicted octanol–water partition coefficient (Wildman–Crippen LogP) is 5.58. The number of carbonyl (C=O) groups is 3. The van der Waals surface area contributed by atoms with Crippen molar-refractivity contribution in [3.05, 3.63) is 64.7 Å². The number of alkyl carbamates (subject to hydrolysis) is 1. The zero-order valence-corrected chi connectivity index (χ0v) is 23.7. The van der Waals surface area contributed by atoms with E-state index >= 15 is 0 Å². The zero-order valence-electron chi connectivity index (χ0n) is 23.7. The summed E-state index contributed by atoms with van der Waals surface area (Å²) in [6.45, 7) is 14.2. The topological polar surface area (TPSA) is 112 Å². The molecule has 0 saturated heterocycles. The van der Waals surface area contributed by atoms with Crippen molar-refractivity contribution in [1.82, 2.24) is 10.2 Å². The molecule has 0 aromatic heterocycles. The van der Waals surface area contributed by atoms with E-state index in [1.807, 2.05) is 71.0 Å². The first kappa shape index (κ1) is 30.4. The molecule has 2 N–H and O–H groups in total. The molecule has 0 radical (unpaired) electrons. The van der Waals surface area contributed by atoms with Gasteiger partial charge in [-0.1, -0.05) is 56.7 Å². The molecule has 0 fully saturated rings. The fraction of sp³-hybridized carbons (Fsp3) is 0.467. The van der Waals surface area contributed by atoms with Gasteiger partial charge in [-0.2, -0.15) is 5.26 Å². The molecular formula is C30H40N4O4. The number of hydrogen-bond donors (Lipinski definition) is 2. The highest BCUT2D eigenvalue weighted by Crippen LogP contribution is 2.31. The Kier molecular flexibility index (Phi) is 10.5. The molecule has 3 unspecified atom stereocenters. The molecule has 0 bridgehead atoms. The Balaban J connectivity index is 2.61. The lowest BCUT2D eigenvalue weighted by atomic mass is 9.92. The van der Waals surface area contributed by atoms with Gasteiger partial charge in [0.25, 0.3) is 5.91 Å². The first-order valence-corrected chi connectivity index (χ1v) is 12.9. The van der Waals surface area contributed by atoms with E-state index in [1.54, 1.807) is 26.8 Å². The Morgan fingerprint density at radius 1 is 1.00 bits per heavy atom. The van der Waals surface area contributed by atoms with Crippen molar-refractivity contribution in [3.8, 4) is 6.07 Å². The van der Waals surface area contributed by atoms with Crippen molar-refractivity contribution in [2.75, 3.05) is 11.9 Å². The molecule has 2 aromatic carbocycles. The van der Waals surface area contributed by atoms with Crippen LogP contribution in [0, 0.1) is 38.0 Å². The van der Waals surface area contributed by atoms with E-state index in [-0.39, 0.29) is 12.5 Å². The van der Waals surface area contributed by atoms with Crippen LogP contribution in [0.25, 0.3) is 0 Å². The van der Waals surface area contributed by atoms with Gasteiger partial charge in [-0.15, -0.1) is 0 Å². The maximum absolute atomic E-state index is 14.1. The summed E-state index contributed by atoms with van der Waals surface area (Å²) >= 11 is 0. The molecule has 0 spiro atoms. The second-order valence-corrected chi connectivity index (χ2v) is 10.6. The van der Waals surface area contributed by atoms with Crippen LogP contribution in [0.15, 0.2) is 42.5 Å². The number of anilines is 1. The SMILES string of the molecule is CCC(C)C(NC(=O)OC(C)(C)C)C(=O)N(CC#N)C(C(=O)Nc1ccccc1C)c1c(C)cccc1C. The van der Waals surface area contributed by atoms with Crippen molar-refractivity contribution >= 4 is 23.6 Å². The molecule has 204 valence electrons. The van der Waals surface area contributed by atoms with Gasteiger partial charge in [0.15, 0.2) is 0 Å². The van der Waals surface area contributed by atoms with Gasteiger partial charge >= 0.3 is 6.09 Å². The van der Waals surface area contributed by atoms with Crippen LogP contribution in [-0.4, -0.2) is 41.0 Å². The summed E-state index contributed by atoms with van der Waals surface area (Å²) in [5, 5.41) is 15.4. The highest BCUT2D eigenvalue weighted by atomic mass is 16.6. The Morgan fingerprint density at radius 3 is 2.11 bits per heavy atom. The maximum atomic E-state index is 14.1. The summed E-state index contributed by atoms with van der Waals surface area (Å²) in [6, 6.07) is 12.9. The molecule has 38 heavy (non-hydrogen) atoms. The molecule has 0 saturated carbocycles. The number of amides is 3. The lowest BCUT2D eigenvalue weighted by Gasteiger charge is -2.35. The Hall–Kier alpha value is -3.86. The monoisotopic (exact) mass is 520 g/mol. The van der Waals surface area contributed by atoms with E-state index in [2.05, 4.69) is 16.7 Å². The number of para-hydroxylation sites is 1. The third kappa shape index (κ3) is 7.82. The Labute approximate surface area is 226 Å². The number of benzene rings is 2. The number of rotatable bonds is 9. The average Bonchev–Trinajstić information content (AvgIpc) is 2.83. The van der Waals surface area contributed by atoms with Crippen LogP contribution < -0.4 is 10.6 Å². The average molecular weight is 521 g/mol. The molecule has 0 aliphatic heterocycles. The fourth-order valence-electron chi connectivity index (χ4n) is 4.27. The first-order valence-electron chi connectivity index (χ1n) is 12.9. The largest absolute Gasteiger partial charge is 0.444 e. The molecule has 0 heterocycles. The molecular weight excluding hydrogens is 480 g/mol. The Morgan fingerprint density at radius 2 is 1.58 bits per heavy atom. The van der Waals surface area contributed by atoms with Gasteiger partial charge in [0.05, 0.1) is 6.07 Å². The molecule has 2 rings (SSSR count). The molecule has 3 atom stereocenters. The summed E-state index contributed by atoms with van der Waals surface area (Å²) in [7, 11) is 0. The number of nitrogens with one attached hydrogen (secondary N) is 2. The standard InChI is InChI=1S/C30H40N4O4/c1-9-19(2)25(33-29(37)38-30(6,7)8)28(36)34(18-17-31)26(24-21(4)14-12-15-22(24)5)27(35)32-23-16-11-10-13-20(23)3/h10-16,19,25-26H,9,18H2,1-8H3,(H,32,35)(H,33,37). The second kappa shape index (κ2) is 13.1. The first-order chi connectivity index (χ1) is 17.8. The fourth-order valence-corrected chi connectivity index (χ4v) is 4.27. The number of nitriles is 1. The van der Waals surface area contributed by atoms with E-state index < -0.39 is 35.6 Å². The quantitative estimate of drug-likeness (QED) is 0.419. The van der Waals surface area contributed by atoms with E-state index in [1.165, 1.54) is 4.90 Å². The van der Waals surface area contributed by atoms with Gasteiger partial charge in [0.1, 0.15) is 24.2 Å². The molecule has 0 aliphatic carbocycles. The number of aryl methyl sites for hydroxylation is 3. The minimum Gasteiger partial charge on any atom is -0.444 e. The van der Waals surface area contributed by atoms with Crippen molar-refractivity contribution in [2.24, 2.45) is 5.92 Å². The number of carbonyl (C=O) groups excluding carboxylic acids is 3. The highest BCUT2D eigenvalue weighted by Gasteiger charge is 2.39. The number of nitrogens with zero attached hydrogens (tertiary/aromatic N) is 2. The lowest BCUT2D eigenvalue weighted by Crippen LogP contribution is -2.55. The molecule has 2 aromatic rings. The van der Waals surface area contributed by atoms with Gasteiger partial charge in [-0.05, 0) is 75.8 Å². The van der Waals surface area contributed by atoms with Crippen LogP contribution in [0.2, 0.25) is 0 Å². The third-order valence-electron chi connectivity index (χ3n) is 6.45. The lowest BCUT2D eigenvalue weighted by molar-refractivity contribution is -0.141. The van der Waals surface area contributed by atoms with Crippen LogP contribution >= 0.6 is 0 Å². The van der Waals surface area contributed by atoms with Crippen molar-refractivity contribution < 1.29 is 19.1 Å². The number of ether oxygens (including phenoxy) is 1. The summed E-state index contributed by atoms with van der Waals surface area (Å²) in [5.41, 5.74) is 2.99. The minimum absolute atomic E-state index is 0.283. The predicted molar refractivity (Wildman–Crippen MR) is 148 cm³/mol. The molecule has 8 nitrogen and oxygen atoms in total. The van der Waals surface area contributed by atoms with Gasteiger partial charge < -0.3 is 20.3 Å². The normalized spacial score (nSPS) is 13.4. The van der Waals surface area contributed by atoms with Gasteiger partial charge in [0, 0.05) is 5.69 Å².